The van der Waals surface area contributed by atoms with Gasteiger partial charge in [-0.25, -0.2) is 4.98 Å². The van der Waals surface area contributed by atoms with Crippen LogP contribution in [0.15, 0.2) is 10.5 Å². The summed E-state index contributed by atoms with van der Waals surface area (Å²) in [6.45, 7) is 0. The summed E-state index contributed by atoms with van der Waals surface area (Å²) in [5, 5.41) is 8.54. The summed E-state index contributed by atoms with van der Waals surface area (Å²) in [5.74, 6) is 0.265. The van der Waals surface area contributed by atoms with Gasteiger partial charge in [-0.1, -0.05) is 0 Å². The lowest BCUT2D eigenvalue weighted by molar-refractivity contribution is 0.399. The number of nitrogens with two attached hydrogens (primary N) is 1. The summed E-state index contributed by atoms with van der Waals surface area (Å²) in [7, 11) is 1.45. The summed E-state index contributed by atoms with van der Waals surface area (Å²) in [6.07, 6.45) is 0. The molecule has 0 aromatic carbocycles. The lowest BCUT2D eigenvalue weighted by atomic mass is 10.3. The van der Waals surface area contributed by atoms with Crippen LogP contribution in [-0.4, -0.2) is 12.1 Å². The molecule has 0 unspecified atom stereocenters. The predicted octanol–water partition coefficient (Wildman–Crippen LogP) is 1.31. The van der Waals surface area contributed by atoms with Crippen molar-refractivity contribution >= 4 is 21.6 Å². The molecule has 0 saturated heterocycles. The molecule has 0 atom stereocenters. The molecule has 1 aromatic rings. The van der Waals surface area contributed by atoms with E-state index in [0.717, 1.165) is 0 Å². The number of aromatic nitrogens is 1. The number of ether oxygens (including phenoxy) is 1. The molecule has 62 valence electrons. The van der Waals surface area contributed by atoms with Crippen molar-refractivity contribution in [3.63, 3.8) is 0 Å². The second-order valence-corrected chi connectivity index (χ2v) is 2.88. The molecule has 0 spiro atoms. The van der Waals surface area contributed by atoms with Crippen LogP contribution >= 0.6 is 15.9 Å². The van der Waals surface area contributed by atoms with E-state index in [1.807, 2.05) is 6.07 Å². The Morgan fingerprint density at radius 2 is 2.42 bits per heavy atom. The molecule has 0 amide bonds. The summed E-state index contributed by atoms with van der Waals surface area (Å²) in [5.41, 5.74) is 6.24. The fraction of sp³-hybridized carbons (Fsp3) is 0.143. The summed E-state index contributed by atoms with van der Waals surface area (Å²) >= 11 is 3.18. The van der Waals surface area contributed by atoms with E-state index in [4.69, 9.17) is 15.7 Å². The Morgan fingerprint density at radius 1 is 1.75 bits per heavy atom. The molecule has 12 heavy (non-hydrogen) atoms. The molecule has 0 saturated carbocycles. The fourth-order valence-electron chi connectivity index (χ4n) is 0.715. The van der Waals surface area contributed by atoms with Crippen LogP contribution in [0.1, 0.15) is 5.69 Å². The molecule has 0 radical (unpaired) electrons. The molecule has 0 aliphatic rings. The minimum Gasteiger partial charge on any atom is -0.479 e. The number of nitriles is 1. The van der Waals surface area contributed by atoms with E-state index in [1.54, 1.807) is 0 Å². The third-order valence-corrected chi connectivity index (χ3v) is 1.94. The first-order valence-electron chi connectivity index (χ1n) is 3.09. The Labute approximate surface area is 78.1 Å². The Hall–Kier alpha value is -1.28. The van der Waals surface area contributed by atoms with E-state index in [-0.39, 0.29) is 11.6 Å². The minimum absolute atomic E-state index is 0.265. The third kappa shape index (κ3) is 1.48. The van der Waals surface area contributed by atoms with Gasteiger partial charge in [0.05, 0.1) is 7.11 Å². The smallest absolute Gasteiger partial charge is 0.239 e. The number of pyridine rings is 1. The van der Waals surface area contributed by atoms with Crippen LogP contribution in [0.2, 0.25) is 0 Å². The Bertz CT molecular complexity index is 345. The molecule has 0 aliphatic carbocycles. The van der Waals surface area contributed by atoms with Crippen molar-refractivity contribution in [2.75, 3.05) is 12.8 Å². The highest BCUT2D eigenvalue weighted by atomic mass is 79.9. The second kappa shape index (κ2) is 3.41. The van der Waals surface area contributed by atoms with Crippen molar-refractivity contribution in [2.24, 2.45) is 0 Å². The highest BCUT2D eigenvalue weighted by Crippen LogP contribution is 2.27. The lowest BCUT2D eigenvalue weighted by Gasteiger charge is -2.04. The third-order valence-electron chi connectivity index (χ3n) is 1.28. The molecule has 2 N–H and O–H groups in total. The van der Waals surface area contributed by atoms with E-state index in [9.17, 15) is 0 Å². The normalized spacial score (nSPS) is 9.08. The topological polar surface area (TPSA) is 71.9 Å². The standard InChI is InChI=1S/C7H6BrN3O/c1-12-7-6(10)5(8)2-4(3-9)11-7/h2H,10H2,1H3. The highest BCUT2D eigenvalue weighted by Gasteiger charge is 2.07. The molecule has 1 aromatic heterocycles. The molecular formula is C7H6BrN3O. The van der Waals surface area contributed by atoms with Crippen LogP contribution in [-0.2, 0) is 0 Å². The van der Waals surface area contributed by atoms with Crippen LogP contribution in [0, 0.1) is 11.3 Å². The zero-order valence-electron chi connectivity index (χ0n) is 6.34. The van der Waals surface area contributed by atoms with Gasteiger partial charge in [0, 0.05) is 4.47 Å². The fourth-order valence-corrected chi connectivity index (χ4v) is 1.10. The van der Waals surface area contributed by atoms with Crippen LogP contribution < -0.4 is 10.5 Å². The Morgan fingerprint density at radius 3 is 2.92 bits per heavy atom. The molecule has 0 fully saturated rings. The number of nitrogen functional groups attached to an aromatic ring is 1. The monoisotopic (exact) mass is 227 g/mol. The number of methoxy groups -OCH3 is 1. The molecule has 5 heteroatoms. The number of hydrogen-bond acceptors (Lipinski definition) is 4. The quantitative estimate of drug-likeness (QED) is 0.786. The van der Waals surface area contributed by atoms with Crippen molar-refractivity contribution in [1.82, 2.24) is 4.98 Å². The number of anilines is 1. The zero-order valence-corrected chi connectivity index (χ0v) is 7.92. The van der Waals surface area contributed by atoms with Gasteiger partial charge >= 0.3 is 0 Å². The van der Waals surface area contributed by atoms with Crippen LogP contribution in [0.4, 0.5) is 5.69 Å². The maximum atomic E-state index is 8.54. The maximum Gasteiger partial charge on any atom is 0.239 e. The van der Waals surface area contributed by atoms with Crippen molar-refractivity contribution in [3.05, 3.63) is 16.2 Å². The van der Waals surface area contributed by atoms with E-state index in [0.29, 0.717) is 10.2 Å². The predicted molar refractivity (Wildman–Crippen MR) is 47.6 cm³/mol. The minimum atomic E-state index is 0.265. The number of nitrogens with zero attached hydrogens (tertiary/aromatic N) is 2. The molecule has 0 bridgehead atoms. The van der Waals surface area contributed by atoms with Crippen LogP contribution in [0.5, 0.6) is 5.88 Å². The van der Waals surface area contributed by atoms with Crippen molar-refractivity contribution in [1.29, 1.82) is 5.26 Å². The van der Waals surface area contributed by atoms with Gasteiger partial charge in [-0.05, 0) is 22.0 Å². The van der Waals surface area contributed by atoms with Crippen LogP contribution in [0.25, 0.3) is 0 Å². The highest BCUT2D eigenvalue weighted by molar-refractivity contribution is 9.10. The SMILES string of the molecule is COc1nc(C#N)cc(Br)c1N. The molecule has 1 rings (SSSR count). The number of rotatable bonds is 1. The molecule has 0 aliphatic heterocycles. The van der Waals surface area contributed by atoms with E-state index < -0.39 is 0 Å². The number of halogens is 1. The summed E-state index contributed by atoms with van der Waals surface area (Å²) in [4.78, 5) is 3.83. The molecular weight excluding hydrogens is 222 g/mol. The average molecular weight is 228 g/mol. The van der Waals surface area contributed by atoms with Crippen molar-refractivity contribution in [2.45, 2.75) is 0 Å². The first-order valence-corrected chi connectivity index (χ1v) is 3.88. The number of hydrogen-bond donors (Lipinski definition) is 1. The van der Waals surface area contributed by atoms with Crippen molar-refractivity contribution < 1.29 is 4.74 Å². The van der Waals surface area contributed by atoms with Crippen LogP contribution in [0.3, 0.4) is 0 Å². The largest absolute Gasteiger partial charge is 0.479 e. The van der Waals surface area contributed by atoms with E-state index >= 15 is 0 Å². The lowest BCUT2D eigenvalue weighted by Crippen LogP contribution is -1.98. The van der Waals surface area contributed by atoms with Gasteiger partial charge < -0.3 is 10.5 Å². The van der Waals surface area contributed by atoms with Gasteiger partial charge in [0.1, 0.15) is 17.5 Å². The second-order valence-electron chi connectivity index (χ2n) is 2.02. The van der Waals surface area contributed by atoms with Gasteiger partial charge in [0.25, 0.3) is 0 Å². The van der Waals surface area contributed by atoms with E-state index in [2.05, 4.69) is 20.9 Å². The van der Waals surface area contributed by atoms with Gasteiger partial charge in [-0.3, -0.25) is 0 Å². The summed E-state index contributed by atoms with van der Waals surface area (Å²) in [6, 6.07) is 3.43. The van der Waals surface area contributed by atoms with Gasteiger partial charge in [0.2, 0.25) is 5.88 Å². The summed E-state index contributed by atoms with van der Waals surface area (Å²) < 4.78 is 5.47. The van der Waals surface area contributed by atoms with Gasteiger partial charge in [-0.2, -0.15) is 5.26 Å². The molecule has 1 heterocycles. The van der Waals surface area contributed by atoms with Gasteiger partial charge in [-0.15, -0.1) is 0 Å². The van der Waals surface area contributed by atoms with Crippen molar-refractivity contribution in [3.8, 4) is 11.9 Å². The average Bonchev–Trinajstić information content (AvgIpc) is 2.09. The first-order chi connectivity index (χ1) is 5.69. The van der Waals surface area contributed by atoms with Gasteiger partial charge in [0.15, 0.2) is 0 Å². The Balaban J connectivity index is 3.31. The maximum absolute atomic E-state index is 8.54. The first kappa shape index (κ1) is 8.81. The Kier molecular flexibility index (Phi) is 2.51. The molecule has 4 nitrogen and oxygen atoms in total. The zero-order chi connectivity index (χ0) is 9.14. The van der Waals surface area contributed by atoms with E-state index in [1.165, 1.54) is 13.2 Å².